The molecule has 2 rings (SSSR count). The van der Waals surface area contributed by atoms with Crippen molar-refractivity contribution in [1.29, 1.82) is 0 Å². The van der Waals surface area contributed by atoms with Gasteiger partial charge in [0.15, 0.2) is 0 Å². The van der Waals surface area contributed by atoms with E-state index >= 15 is 0 Å². The standard InChI is InChI=1S/C13H18F2N2/c1-2-9-5-6-17(8-9)12-4-3-10(16)7-11(12)13(14)15/h3-4,7,9,13H,2,5-6,8,16H2,1H3. The van der Waals surface area contributed by atoms with Gasteiger partial charge in [-0.1, -0.05) is 13.3 Å². The maximum atomic E-state index is 13.0. The van der Waals surface area contributed by atoms with E-state index in [0.29, 0.717) is 17.3 Å². The highest BCUT2D eigenvalue weighted by atomic mass is 19.3. The molecule has 0 aliphatic carbocycles. The summed E-state index contributed by atoms with van der Waals surface area (Å²) in [5.41, 5.74) is 6.66. The molecule has 0 bridgehead atoms. The first kappa shape index (κ1) is 12.1. The Hall–Kier alpha value is -1.32. The van der Waals surface area contributed by atoms with Crippen LogP contribution in [0.5, 0.6) is 0 Å². The number of benzene rings is 1. The van der Waals surface area contributed by atoms with Gasteiger partial charge in [0.05, 0.1) is 0 Å². The van der Waals surface area contributed by atoms with Crippen LogP contribution >= 0.6 is 0 Å². The Bertz CT molecular complexity index is 393. The Morgan fingerprint density at radius 1 is 1.47 bits per heavy atom. The number of halogens is 2. The molecule has 1 aliphatic rings. The second kappa shape index (κ2) is 4.90. The summed E-state index contributed by atoms with van der Waals surface area (Å²) < 4.78 is 25.9. The zero-order valence-electron chi connectivity index (χ0n) is 10.00. The lowest BCUT2D eigenvalue weighted by Crippen LogP contribution is -2.21. The first-order valence-corrected chi connectivity index (χ1v) is 6.04. The third-order valence-electron chi connectivity index (χ3n) is 3.49. The molecule has 1 fully saturated rings. The molecule has 1 unspecified atom stereocenters. The minimum absolute atomic E-state index is 0.0572. The van der Waals surface area contributed by atoms with Crippen molar-refractivity contribution in [1.82, 2.24) is 0 Å². The summed E-state index contributed by atoms with van der Waals surface area (Å²) in [6.45, 7) is 3.88. The van der Waals surface area contributed by atoms with Crippen molar-refractivity contribution in [2.45, 2.75) is 26.2 Å². The van der Waals surface area contributed by atoms with Gasteiger partial charge in [-0.25, -0.2) is 8.78 Å². The highest BCUT2D eigenvalue weighted by Gasteiger charge is 2.25. The fourth-order valence-electron chi connectivity index (χ4n) is 2.42. The Labute approximate surface area is 100 Å². The Balaban J connectivity index is 2.26. The van der Waals surface area contributed by atoms with Gasteiger partial charge in [0, 0.05) is 30.0 Å². The second-order valence-corrected chi connectivity index (χ2v) is 4.63. The van der Waals surface area contributed by atoms with E-state index in [2.05, 4.69) is 11.8 Å². The topological polar surface area (TPSA) is 29.3 Å². The quantitative estimate of drug-likeness (QED) is 0.820. The maximum Gasteiger partial charge on any atom is 0.265 e. The van der Waals surface area contributed by atoms with Crippen LogP contribution < -0.4 is 10.6 Å². The van der Waals surface area contributed by atoms with Crippen LogP contribution in [0.3, 0.4) is 0 Å². The van der Waals surface area contributed by atoms with E-state index in [-0.39, 0.29) is 5.56 Å². The molecule has 0 radical (unpaired) electrons. The van der Waals surface area contributed by atoms with Gasteiger partial charge >= 0.3 is 0 Å². The second-order valence-electron chi connectivity index (χ2n) is 4.63. The molecule has 1 heterocycles. The highest BCUT2D eigenvalue weighted by Crippen LogP contribution is 2.34. The van der Waals surface area contributed by atoms with Crippen LogP contribution in [0.4, 0.5) is 20.2 Å². The van der Waals surface area contributed by atoms with Crippen LogP contribution in [-0.2, 0) is 0 Å². The summed E-state index contributed by atoms with van der Waals surface area (Å²) in [7, 11) is 0. The van der Waals surface area contributed by atoms with E-state index in [9.17, 15) is 8.78 Å². The molecule has 1 aliphatic heterocycles. The molecule has 1 aromatic carbocycles. The van der Waals surface area contributed by atoms with Crippen LogP contribution in [-0.4, -0.2) is 13.1 Å². The first-order chi connectivity index (χ1) is 8.11. The van der Waals surface area contributed by atoms with Crippen molar-refractivity contribution in [2.24, 2.45) is 5.92 Å². The van der Waals surface area contributed by atoms with Crippen molar-refractivity contribution in [2.75, 3.05) is 23.7 Å². The summed E-state index contributed by atoms with van der Waals surface area (Å²) in [6, 6.07) is 4.80. The molecule has 1 aromatic rings. The first-order valence-electron chi connectivity index (χ1n) is 6.04. The maximum absolute atomic E-state index is 13.0. The van der Waals surface area contributed by atoms with Crippen LogP contribution in [0, 0.1) is 5.92 Å². The number of nitrogen functional groups attached to an aromatic ring is 1. The van der Waals surface area contributed by atoms with Crippen molar-refractivity contribution < 1.29 is 8.78 Å². The van der Waals surface area contributed by atoms with Crippen molar-refractivity contribution in [3.63, 3.8) is 0 Å². The average Bonchev–Trinajstić information content (AvgIpc) is 2.77. The fourth-order valence-corrected chi connectivity index (χ4v) is 2.42. The summed E-state index contributed by atoms with van der Waals surface area (Å²) in [5.74, 6) is 0.623. The number of anilines is 2. The van der Waals surface area contributed by atoms with Gasteiger partial charge in [0.1, 0.15) is 0 Å². The van der Waals surface area contributed by atoms with Crippen LogP contribution in [0.25, 0.3) is 0 Å². The SMILES string of the molecule is CCC1CCN(c2ccc(N)cc2C(F)F)C1. The molecule has 4 heteroatoms. The van der Waals surface area contributed by atoms with E-state index in [1.54, 1.807) is 12.1 Å². The molecule has 1 saturated heterocycles. The predicted octanol–water partition coefficient (Wildman–Crippen LogP) is 3.44. The Morgan fingerprint density at radius 3 is 2.82 bits per heavy atom. The van der Waals surface area contributed by atoms with Gasteiger partial charge in [0.2, 0.25) is 0 Å². The monoisotopic (exact) mass is 240 g/mol. The number of rotatable bonds is 3. The molecule has 0 amide bonds. The zero-order chi connectivity index (χ0) is 12.4. The fraction of sp³-hybridized carbons (Fsp3) is 0.538. The van der Waals surface area contributed by atoms with Gasteiger partial charge in [-0.2, -0.15) is 0 Å². The number of hydrogen-bond donors (Lipinski definition) is 1. The normalized spacial score (nSPS) is 20.2. The molecule has 2 nitrogen and oxygen atoms in total. The zero-order valence-corrected chi connectivity index (χ0v) is 10.00. The lowest BCUT2D eigenvalue weighted by Gasteiger charge is -2.22. The smallest absolute Gasteiger partial charge is 0.265 e. The molecular weight excluding hydrogens is 222 g/mol. The van der Waals surface area contributed by atoms with Crippen molar-refractivity contribution in [3.05, 3.63) is 23.8 Å². The predicted molar refractivity (Wildman–Crippen MR) is 66.4 cm³/mol. The van der Waals surface area contributed by atoms with E-state index in [1.807, 2.05) is 0 Å². The van der Waals surface area contributed by atoms with Crippen molar-refractivity contribution in [3.8, 4) is 0 Å². The summed E-state index contributed by atoms with van der Waals surface area (Å²) in [4.78, 5) is 2.05. The lowest BCUT2D eigenvalue weighted by atomic mass is 10.1. The molecule has 1 atom stereocenters. The largest absolute Gasteiger partial charge is 0.399 e. The van der Waals surface area contributed by atoms with Gasteiger partial charge < -0.3 is 10.6 Å². The molecule has 2 N–H and O–H groups in total. The van der Waals surface area contributed by atoms with Crippen LogP contribution in [0.1, 0.15) is 31.8 Å². The van der Waals surface area contributed by atoms with E-state index in [0.717, 1.165) is 25.9 Å². The van der Waals surface area contributed by atoms with E-state index in [4.69, 9.17) is 5.73 Å². The average molecular weight is 240 g/mol. The summed E-state index contributed by atoms with van der Waals surface area (Å²) in [6.07, 6.45) is -0.270. The third-order valence-corrected chi connectivity index (χ3v) is 3.49. The molecular formula is C13H18F2N2. The Kier molecular flexibility index (Phi) is 3.50. The number of alkyl halides is 2. The minimum Gasteiger partial charge on any atom is -0.399 e. The molecule has 0 aromatic heterocycles. The van der Waals surface area contributed by atoms with Crippen molar-refractivity contribution >= 4 is 11.4 Å². The van der Waals surface area contributed by atoms with Gasteiger partial charge in [-0.05, 0) is 30.5 Å². The van der Waals surface area contributed by atoms with E-state index in [1.165, 1.54) is 6.07 Å². The van der Waals surface area contributed by atoms with Gasteiger partial charge in [-0.3, -0.25) is 0 Å². The summed E-state index contributed by atoms with van der Waals surface area (Å²) in [5, 5.41) is 0. The number of nitrogens with zero attached hydrogens (tertiary/aromatic N) is 1. The lowest BCUT2D eigenvalue weighted by molar-refractivity contribution is 0.152. The molecule has 0 spiro atoms. The Morgan fingerprint density at radius 2 is 2.24 bits per heavy atom. The molecule has 94 valence electrons. The molecule has 0 saturated carbocycles. The van der Waals surface area contributed by atoms with E-state index < -0.39 is 6.43 Å². The highest BCUT2D eigenvalue weighted by molar-refractivity contribution is 5.60. The van der Waals surface area contributed by atoms with Gasteiger partial charge in [0.25, 0.3) is 6.43 Å². The third kappa shape index (κ3) is 2.51. The molecule has 17 heavy (non-hydrogen) atoms. The van der Waals surface area contributed by atoms with Crippen LogP contribution in [0.15, 0.2) is 18.2 Å². The van der Waals surface area contributed by atoms with Gasteiger partial charge in [-0.15, -0.1) is 0 Å². The minimum atomic E-state index is -2.46. The number of hydrogen-bond acceptors (Lipinski definition) is 2. The summed E-state index contributed by atoms with van der Waals surface area (Å²) >= 11 is 0. The number of nitrogens with two attached hydrogens (primary N) is 1. The van der Waals surface area contributed by atoms with Crippen LogP contribution in [0.2, 0.25) is 0 Å².